The van der Waals surface area contributed by atoms with E-state index in [0.29, 0.717) is 29.0 Å². The maximum Gasteiger partial charge on any atom is 0.138 e. The quantitative estimate of drug-likeness (QED) is 0.122. The number of hydrogen-bond donors (Lipinski definition) is 0. The molecular formula is C26H37ClF2S. The molecule has 0 nitrogen and oxygen atoms in total. The summed E-state index contributed by atoms with van der Waals surface area (Å²) >= 11 is 11.3. The molecule has 0 heterocycles. The number of halogens is 3. The average Bonchev–Trinajstić information content (AvgIpc) is 2.72. The molecule has 0 radical (unpaired) electrons. The van der Waals surface area contributed by atoms with Crippen LogP contribution in [0.1, 0.15) is 66.7 Å². The number of allylic oxidation sites excluding steroid dienone is 8. The van der Waals surface area contributed by atoms with Gasteiger partial charge in [-0.05, 0) is 67.9 Å². The Labute approximate surface area is 192 Å². The van der Waals surface area contributed by atoms with Crippen molar-refractivity contribution >= 4 is 28.7 Å². The first kappa shape index (κ1) is 27.0. The van der Waals surface area contributed by atoms with E-state index in [4.69, 9.17) is 23.8 Å². The van der Waals surface area contributed by atoms with E-state index in [1.54, 1.807) is 19.1 Å². The molecule has 1 rings (SSSR count). The molecule has 5 atom stereocenters. The van der Waals surface area contributed by atoms with Crippen molar-refractivity contribution in [2.24, 2.45) is 29.1 Å². The van der Waals surface area contributed by atoms with Crippen LogP contribution in [-0.2, 0) is 0 Å². The maximum absolute atomic E-state index is 15.1. The predicted molar refractivity (Wildman–Crippen MR) is 132 cm³/mol. The summed E-state index contributed by atoms with van der Waals surface area (Å²) in [5.74, 6) is 0.797. The lowest BCUT2D eigenvalue weighted by Crippen LogP contribution is -2.27. The Morgan fingerprint density at radius 1 is 1.33 bits per heavy atom. The Balaban J connectivity index is 2.85. The molecule has 0 saturated heterocycles. The zero-order valence-electron chi connectivity index (χ0n) is 19.1. The molecule has 1 aliphatic rings. The lowest BCUT2D eigenvalue weighted by molar-refractivity contribution is 0.236. The third-order valence-corrected chi connectivity index (χ3v) is 7.71. The Hall–Kier alpha value is -1.06. The molecule has 4 heteroatoms. The molecule has 0 spiro atoms. The van der Waals surface area contributed by atoms with Gasteiger partial charge in [-0.3, -0.25) is 0 Å². The van der Waals surface area contributed by atoms with E-state index >= 15 is 4.39 Å². The fraction of sp³-hybridized carbons (Fsp3) is 0.577. The van der Waals surface area contributed by atoms with Gasteiger partial charge in [0.1, 0.15) is 11.7 Å². The van der Waals surface area contributed by atoms with E-state index in [1.165, 1.54) is 6.08 Å². The smallest absolute Gasteiger partial charge is 0.138 e. The second-order valence-corrected chi connectivity index (χ2v) is 9.89. The van der Waals surface area contributed by atoms with Gasteiger partial charge in [0.2, 0.25) is 0 Å². The molecule has 0 bridgehead atoms. The minimum atomic E-state index is -0.801. The molecule has 0 saturated carbocycles. The van der Waals surface area contributed by atoms with Gasteiger partial charge in [-0.1, -0.05) is 77.2 Å². The van der Waals surface area contributed by atoms with E-state index in [0.717, 1.165) is 25.7 Å². The molecule has 3 unspecified atom stereocenters. The Kier molecular flexibility index (Phi) is 10.9. The number of thiocarbonyl (C=S) groups is 1. The highest BCUT2D eigenvalue weighted by Gasteiger charge is 2.33. The van der Waals surface area contributed by atoms with Crippen molar-refractivity contribution in [3.8, 4) is 0 Å². The van der Waals surface area contributed by atoms with Gasteiger partial charge in [-0.2, -0.15) is 0 Å². The van der Waals surface area contributed by atoms with E-state index in [2.05, 4.69) is 40.9 Å². The molecule has 0 aromatic carbocycles. The summed E-state index contributed by atoms with van der Waals surface area (Å²) in [6, 6.07) is 0. The van der Waals surface area contributed by atoms with Gasteiger partial charge in [0.25, 0.3) is 0 Å². The second kappa shape index (κ2) is 12.1. The van der Waals surface area contributed by atoms with Crippen LogP contribution in [0.3, 0.4) is 0 Å². The summed E-state index contributed by atoms with van der Waals surface area (Å²) in [4.78, 5) is 0.320. The summed E-state index contributed by atoms with van der Waals surface area (Å²) in [6.45, 7) is 18.4. The zero-order chi connectivity index (χ0) is 23.1. The molecule has 0 aromatic rings. The summed E-state index contributed by atoms with van der Waals surface area (Å²) < 4.78 is 29.0. The third-order valence-electron chi connectivity index (χ3n) is 6.66. The van der Waals surface area contributed by atoms with Crippen molar-refractivity contribution in [3.05, 3.63) is 59.7 Å². The molecular weight excluding hydrogens is 418 g/mol. The second-order valence-electron chi connectivity index (χ2n) is 9.07. The summed E-state index contributed by atoms with van der Waals surface area (Å²) in [6.07, 6.45) is 10.9. The van der Waals surface area contributed by atoms with Gasteiger partial charge >= 0.3 is 0 Å². The minimum Gasteiger partial charge on any atom is -0.207 e. The highest BCUT2D eigenvalue weighted by Crippen LogP contribution is 2.40. The lowest BCUT2D eigenvalue weighted by atomic mass is 9.76. The van der Waals surface area contributed by atoms with Crippen LogP contribution in [0.4, 0.5) is 8.78 Å². The van der Waals surface area contributed by atoms with Gasteiger partial charge in [-0.25, -0.2) is 8.78 Å². The van der Waals surface area contributed by atoms with Crippen LogP contribution >= 0.6 is 23.8 Å². The molecule has 1 aliphatic carbocycles. The highest BCUT2D eigenvalue weighted by atomic mass is 35.5. The Morgan fingerprint density at radius 3 is 2.50 bits per heavy atom. The fourth-order valence-corrected chi connectivity index (χ4v) is 4.35. The molecule has 0 fully saturated rings. The minimum absolute atomic E-state index is 0.0772. The summed E-state index contributed by atoms with van der Waals surface area (Å²) in [7, 11) is 0. The van der Waals surface area contributed by atoms with Crippen molar-refractivity contribution in [3.63, 3.8) is 0 Å². The first-order chi connectivity index (χ1) is 14.0. The number of hydrogen-bond acceptors (Lipinski definition) is 1. The van der Waals surface area contributed by atoms with Crippen LogP contribution in [0, 0.1) is 29.1 Å². The van der Waals surface area contributed by atoms with Crippen molar-refractivity contribution < 1.29 is 8.78 Å². The Morgan fingerprint density at radius 2 is 1.97 bits per heavy atom. The topological polar surface area (TPSA) is 0 Å². The lowest BCUT2D eigenvalue weighted by Gasteiger charge is -2.30. The van der Waals surface area contributed by atoms with Crippen LogP contribution < -0.4 is 0 Å². The molecule has 0 aliphatic heterocycles. The van der Waals surface area contributed by atoms with Crippen molar-refractivity contribution in [1.29, 1.82) is 0 Å². The fourth-order valence-electron chi connectivity index (χ4n) is 3.97. The van der Waals surface area contributed by atoms with E-state index in [-0.39, 0.29) is 16.5 Å². The molecule has 168 valence electrons. The van der Waals surface area contributed by atoms with Crippen LogP contribution in [0.5, 0.6) is 0 Å². The van der Waals surface area contributed by atoms with E-state index < -0.39 is 17.1 Å². The standard InChI is InChI=1S/C26H37ClF2S/c1-8-10-11-17(3)19(5)18(4)14-21(9-2)15-23(28)20(6)25(30)26(7)13-12-22(27)24(29)16-26/h8,12,15-19,21H,1,6,9-11,13-14H2,2-5,7H3/b23-15+/t17?,18-,19?,21?,26-/m0/s1. The van der Waals surface area contributed by atoms with Gasteiger partial charge < -0.3 is 0 Å². The van der Waals surface area contributed by atoms with Gasteiger partial charge in [0, 0.05) is 15.9 Å². The van der Waals surface area contributed by atoms with Crippen LogP contribution in [0.15, 0.2) is 59.7 Å². The van der Waals surface area contributed by atoms with Crippen LogP contribution in [0.25, 0.3) is 0 Å². The van der Waals surface area contributed by atoms with Gasteiger partial charge in [0.05, 0.1) is 5.03 Å². The monoisotopic (exact) mass is 454 g/mol. The van der Waals surface area contributed by atoms with Crippen molar-refractivity contribution in [1.82, 2.24) is 0 Å². The SMILES string of the molecule is C=CCCC(C)C(C)[C@@H](C)CC(/C=C(/F)C(=C)C(=S)[C@]1(C)C=C(F)C(Cl)=CC1)CC. The normalized spacial score (nSPS) is 23.7. The first-order valence-electron chi connectivity index (χ1n) is 10.9. The largest absolute Gasteiger partial charge is 0.207 e. The number of rotatable bonds is 12. The van der Waals surface area contributed by atoms with E-state index in [1.807, 2.05) is 6.08 Å². The zero-order valence-corrected chi connectivity index (χ0v) is 20.7. The van der Waals surface area contributed by atoms with Crippen LogP contribution in [-0.4, -0.2) is 4.86 Å². The van der Waals surface area contributed by atoms with Crippen LogP contribution in [0.2, 0.25) is 0 Å². The average molecular weight is 455 g/mol. The molecule has 0 amide bonds. The molecule has 0 N–H and O–H groups in total. The van der Waals surface area contributed by atoms with Gasteiger partial charge in [0.15, 0.2) is 0 Å². The Bertz CT molecular complexity index is 733. The summed E-state index contributed by atoms with van der Waals surface area (Å²) in [5.41, 5.74) is -0.633. The van der Waals surface area contributed by atoms with Crippen molar-refractivity contribution in [2.45, 2.75) is 66.7 Å². The maximum atomic E-state index is 15.1. The molecule has 30 heavy (non-hydrogen) atoms. The summed E-state index contributed by atoms with van der Waals surface area (Å²) in [5, 5.41) is 0.0772. The predicted octanol–water partition coefficient (Wildman–Crippen LogP) is 9.44. The van der Waals surface area contributed by atoms with E-state index in [9.17, 15) is 4.39 Å². The van der Waals surface area contributed by atoms with Crippen molar-refractivity contribution in [2.75, 3.05) is 0 Å². The highest BCUT2D eigenvalue weighted by molar-refractivity contribution is 7.81. The first-order valence-corrected chi connectivity index (χ1v) is 11.7. The third kappa shape index (κ3) is 7.27. The molecule has 0 aromatic heterocycles. The van der Waals surface area contributed by atoms with Gasteiger partial charge in [-0.15, -0.1) is 6.58 Å².